The third-order valence-corrected chi connectivity index (χ3v) is 4.61. The molecule has 5 nitrogen and oxygen atoms in total. The van der Waals surface area contributed by atoms with E-state index in [0.29, 0.717) is 12.5 Å². The maximum Gasteiger partial charge on any atom is 0.191 e. The van der Waals surface area contributed by atoms with Crippen LogP contribution in [0.1, 0.15) is 45.2 Å². The van der Waals surface area contributed by atoms with Crippen molar-refractivity contribution in [2.45, 2.75) is 53.7 Å². The second-order valence-electron chi connectivity index (χ2n) is 8.25. The average Bonchev–Trinajstić information content (AvgIpc) is 2.54. The molecule has 0 spiro atoms. The largest absolute Gasteiger partial charge is 0.490 e. The SMILES string of the molecule is CN=C(NCc1ccc(C)cc1OC(C)CC(C)C)NCC1(C)COC1.I. The number of hydrogen-bond donors (Lipinski definition) is 2. The smallest absolute Gasteiger partial charge is 0.191 e. The van der Waals surface area contributed by atoms with Gasteiger partial charge in [0.25, 0.3) is 0 Å². The number of benzene rings is 1. The van der Waals surface area contributed by atoms with Crippen molar-refractivity contribution in [2.75, 3.05) is 26.8 Å². The highest BCUT2D eigenvalue weighted by molar-refractivity contribution is 14.0. The van der Waals surface area contributed by atoms with Crippen LogP contribution in [-0.4, -0.2) is 38.9 Å². The lowest BCUT2D eigenvalue weighted by Crippen LogP contribution is -2.50. The van der Waals surface area contributed by atoms with Crippen molar-refractivity contribution in [3.63, 3.8) is 0 Å². The molecule has 0 aromatic heterocycles. The van der Waals surface area contributed by atoms with Crippen molar-refractivity contribution < 1.29 is 9.47 Å². The number of nitrogens with zero attached hydrogens (tertiary/aromatic N) is 1. The van der Waals surface area contributed by atoms with E-state index in [1.54, 1.807) is 7.05 Å². The Balaban J connectivity index is 0.00000364. The summed E-state index contributed by atoms with van der Waals surface area (Å²) in [7, 11) is 1.80. The quantitative estimate of drug-likeness (QED) is 0.328. The van der Waals surface area contributed by atoms with E-state index in [9.17, 15) is 0 Å². The molecular formula is C21H36IN3O2. The Morgan fingerprint density at radius 2 is 1.96 bits per heavy atom. The van der Waals surface area contributed by atoms with Crippen LogP contribution in [0.4, 0.5) is 0 Å². The van der Waals surface area contributed by atoms with Crippen molar-refractivity contribution in [1.29, 1.82) is 0 Å². The second-order valence-corrected chi connectivity index (χ2v) is 8.25. The number of ether oxygens (including phenoxy) is 2. The highest BCUT2D eigenvalue weighted by atomic mass is 127. The maximum absolute atomic E-state index is 6.23. The van der Waals surface area contributed by atoms with Gasteiger partial charge >= 0.3 is 0 Å². The van der Waals surface area contributed by atoms with Crippen LogP contribution < -0.4 is 15.4 Å². The lowest BCUT2D eigenvalue weighted by atomic mass is 9.89. The van der Waals surface area contributed by atoms with Gasteiger partial charge in [-0.3, -0.25) is 4.99 Å². The van der Waals surface area contributed by atoms with Crippen molar-refractivity contribution in [1.82, 2.24) is 10.6 Å². The Bertz CT molecular complexity index is 615. The first-order valence-corrected chi connectivity index (χ1v) is 9.60. The molecule has 1 unspecified atom stereocenters. The van der Waals surface area contributed by atoms with E-state index < -0.39 is 0 Å². The number of nitrogens with one attached hydrogen (secondary N) is 2. The summed E-state index contributed by atoms with van der Waals surface area (Å²) in [6.07, 6.45) is 1.25. The van der Waals surface area contributed by atoms with Gasteiger partial charge in [-0.15, -0.1) is 24.0 Å². The number of guanidine groups is 1. The molecule has 0 aliphatic carbocycles. The molecule has 1 aromatic carbocycles. The predicted molar refractivity (Wildman–Crippen MR) is 123 cm³/mol. The Hall–Kier alpha value is -1.02. The summed E-state index contributed by atoms with van der Waals surface area (Å²) >= 11 is 0. The molecule has 1 saturated heterocycles. The summed E-state index contributed by atoms with van der Waals surface area (Å²) in [6, 6.07) is 6.38. The van der Waals surface area contributed by atoms with Crippen LogP contribution in [0.2, 0.25) is 0 Å². The first kappa shape index (κ1) is 24.0. The van der Waals surface area contributed by atoms with Crippen LogP contribution in [-0.2, 0) is 11.3 Å². The molecule has 1 heterocycles. The van der Waals surface area contributed by atoms with Crippen LogP contribution in [0.25, 0.3) is 0 Å². The van der Waals surface area contributed by atoms with E-state index in [1.165, 1.54) is 5.56 Å². The lowest BCUT2D eigenvalue weighted by molar-refractivity contribution is -0.0971. The molecule has 27 heavy (non-hydrogen) atoms. The molecule has 1 aromatic rings. The summed E-state index contributed by atoms with van der Waals surface area (Å²) in [5.74, 6) is 2.39. The maximum atomic E-state index is 6.23. The van der Waals surface area contributed by atoms with Crippen LogP contribution >= 0.6 is 24.0 Å². The second kappa shape index (κ2) is 11.1. The van der Waals surface area contributed by atoms with E-state index in [2.05, 4.69) is 68.4 Å². The minimum Gasteiger partial charge on any atom is -0.490 e. The first-order chi connectivity index (χ1) is 12.3. The molecule has 6 heteroatoms. The predicted octanol–water partition coefficient (Wildman–Crippen LogP) is 4.13. The monoisotopic (exact) mass is 489 g/mol. The first-order valence-electron chi connectivity index (χ1n) is 9.60. The normalized spacial score (nSPS) is 16.9. The standard InChI is InChI=1S/C21H35N3O2.HI/c1-15(2)9-17(4)26-19-10-16(3)7-8-18(19)11-23-20(22-6)24-12-21(5)13-25-14-21;/h7-8,10,15,17H,9,11-14H2,1-6H3,(H2,22,23,24);1H. The molecule has 154 valence electrons. The fraction of sp³-hybridized carbons (Fsp3) is 0.667. The summed E-state index contributed by atoms with van der Waals surface area (Å²) < 4.78 is 11.5. The van der Waals surface area contributed by atoms with Gasteiger partial charge in [-0.2, -0.15) is 0 Å². The number of hydrogen-bond acceptors (Lipinski definition) is 3. The molecule has 0 amide bonds. The van der Waals surface area contributed by atoms with Gasteiger partial charge in [0.15, 0.2) is 5.96 Å². The van der Waals surface area contributed by atoms with Crippen molar-refractivity contribution in [2.24, 2.45) is 16.3 Å². The minimum atomic E-state index is 0. The van der Waals surface area contributed by atoms with Crippen molar-refractivity contribution >= 4 is 29.9 Å². The molecule has 1 atom stereocenters. The van der Waals surface area contributed by atoms with Crippen LogP contribution in [0.3, 0.4) is 0 Å². The van der Waals surface area contributed by atoms with Gasteiger partial charge in [0, 0.05) is 31.1 Å². The molecule has 1 aliphatic heterocycles. The van der Waals surface area contributed by atoms with Gasteiger partial charge in [-0.05, 0) is 37.8 Å². The van der Waals surface area contributed by atoms with E-state index in [1.807, 2.05) is 0 Å². The summed E-state index contributed by atoms with van der Waals surface area (Å²) in [4.78, 5) is 4.32. The number of halogens is 1. The van der Waals surface area contributed by atoms with Gasteiger partial charge in [0.05, 0.1) is 19.3 Å². The summed E-state index contributed by atoms with van der Waals surface area (Å²) in [6.45, 7) is 14.1. The minimum absolute atomic E-state index is 0. The summed E-state index contributed by atoms with van der Waals surface area (Å²) in [5.41, 5.74) is 2.57. The molecule has 2 N–H and O–H groups in total. The molecule has 0 saturated carbocycles. The van der Waals surface area contributed by atoms with Crippen LogP contribution in [0.5, 0.6) is 5.75 Å². The molecule has 0 bridgehead atoms. The van der Waals surface area contributed by atoms with Gasteiger partial charge in [0.2, 0.25) is 0 Å². The van der Waals surface area contributed by atoms with E-state index in [4.69, 9.17) is 9.47 Å². The molecule has 1 fully saturated rings. The molecule has 2 rings (SSSR count). The Morgan fingerprint density at radius 1 is 1.26 bits per heavy atom. The van der Waals surface area contributed by atoms with Gasteiger partial charge in [-0.25, -0.2) is 0 Å². The lowest BCUT2D eigenvalue weighted by Gasteiger charge is -2.38. The van der Waals surface area contributed by atoms with E-state index >= 15 is 0 Å². The zero-order valence-corrected chi connectivity index (χ0v) is 19.9. The summed E-state index contributed by atoms with van der Waals surface area (Å²) in [5, 5.41) is 6.80. The highest BCUT2D eigenvalue weighted by Crippen LogP contribution is 2.25. The fourth-order valence-electron chi connectivity index (χ4n) is 3.10. The Morgan fingerprint density at radius 3 is 2.52 bits per heavy atom. The number of aliphatic imine (C=N–C) groups is 1. The molecular weight excluding hydrogens is 453 g/mol. The van der Waals surface area contributed by atoms with Gasteiger partial charge in [0.1, 0.15) is 5.75 Å². The number of aryl methyl sites for hydroxylation is 1. The Labute approximate surface area is 181 Å². The zero-order chi connectivity index (χ0) is 19.2. The van der Waals surface area contributed by atoms with Gasteiger partial charge in [-0.1, -0.05) is 32.9 Å². The van der Waals surface area contributed by atoms with Gasteiger partial charge < -0.3 is 20.1 Å². The zero-order valence-electron chi connectivity index (χ0n) is 17.6. The molecule has 1 aliphatic rings. The Kier molecular flexibility index (Phi) is 9.87. The van der Waals surface area contributed by atoms with Crippen LogP contribution in [0, 0.1) is 18.3 Å². The van der Waals surface area contributed by atoms with E-state index in [-0.39, 0.29) is 35.5 Å². The van der Waals surface area contributed by atoms with Crippen molar-refractivity contribution in [3.05, 3.63) is 29.3 Å². The van der Waals surface area contributed by atoms with Crippen molar-refractivity contribution in [3.8, 4) is 5.75 Å². The molecule has 0 radical (unpaired) electrons. The third kappa shape index (κ3) is 7.86. The topological polar surface area (TPSA) is 54.9 Å². The fourth-order valence-corrected chi connectivity index (χ4v) is 3.10. The van der Waals surface area contributed by atoms with E-state index in [0.717, 1.165) is 43.5 Å². The van der Waals surface area contributed by atoms with Crippen LogP contribution in [0.15, 0.2) is 23.2 Å². The third-order valence-electron chi connectivity index (χ3n) is 4.61. The average molecular weight is 489 g/mol. The number of rotatable bonds is 8. The highest BCUT2D eigenvalue weighted by Gasteiger charge is 2.33.